The van der Waals surface area contributed by atoms with E-state index in [0.29, 0.717) is 31.1 Å². The lowest BCUT2D eigenvalue weighted by Crippen LogP contribution is -2.50. The number of anilines is 1. The molecule has 0 saturated heterocycles. The molecule has 0 aliphatic carbocycles. The largest absolute Gasteiger partial charge is 0.490 e. The summed E-state index contributed by atoms with van der Waals surface area (Å²) >= 11 is 6.13. The number of aromatic nitrogens is 1. The smallest absolute Gasteiger partial charge is 0.407 e. The average molecular weight is 503 g/mol. The van der Waals surface area contributed by atoms with E-state index in [4.69, 9.17) is 21.1 Å². The number of carbonyl (C=O) groups is 2. The maximum Gasteiger partial charge on any atom is 0.407 e. The minimum absolute atomic E-state index is 0.120. The van der Waals surface area contributed by atoms with Gasteiger partial charge in [-0.05, 0) is 63.1 Å². The van der Waals surface area contributed by atoms with E-state index in [1.807, 2.05) is 36.4 Å². The van der Waals surface area contributed by atoms with E-state index in [-0.39, 0.29) is 17.3 Å². The molecule has 35 heavy (non-hydrogen) atoms. The Hall–Kier alpha value is -3.30. The number of amides is 2. The van der Waals surface area contributed by atoms with Gasteiger partial charge in [0.25, 0.3) is 5.91 Å². The summed E-state index contributed by atoms with van der Waals surface area (Å²) in [6.45, 7) is 5.97. The number of fused-ring (bicyclic) bond motifs is 4. The van der Waals surface area contributed by atoms with Crippen molar-refractivity contribution in [2.24, 2.45) is 0 Å². The van der Waals surface area contributed by atoms with Crippen molar-refractivity contribution >= 4 is 29.4 Å². The highest BCUT2D eigenvalue weighted by molar-refractivity contribution is 6.29. The van der Waals surface area contributed by atoms with Gasteiger partial charge in [0.2, 0.25) is 0 Å². The van der Waals surface area contributed by atoms with E-state index in [2.05, 4.69) is 20.9 Å². The number of halogens is 1. The number of ether oxygens (including phenoxy) is 2. The third-order valence-corrected chi connectivity index (χ3v) is 5.15. The van der Waals surface area contributed by atoms with Crippen LogP contribution in [0.15, 0.2) is 48.6 Å². The summed E-state index contributed by atoms with van der Waals surface area (Å²) in [5.41, 5.74) is 0.459. The SMILES string of the molecule is CC(C)(C)OC(=O)NC[C@@H](O)[C@@H]1Cc2cccc(c2)OC/C=C\CNc2cc(cc(Cl)n2)C(=O)N1. The number of alkyl carbamates (subject to hydrolysis) is 1. The molecular weight excluding hydrogens is 472 g/mol. The number of carbonyl (C=O) groups excluding carboxylic acids is 2. The van der Waals surface area contributed by atoms with Gasteiger partial charge in [-0.2, -0.15) is 0 Å². The molecule has 0 fully saturated rings. The summed E-state index contributed by atoms with van der Waals surface area (Å²) < 4.78 is 11.0. The van der Waals surface area contributed by atoms with Crippen LogP contribution >= 0.6 is 11.6 Å². The molecule has 0 saturated carbocycles. The molecule has 1 aliphatic heterocycles. The zero-order chi connectivity index (χ0) is 25.4. The summed E-state index contributed by atoms with van der Waals surface area (Å²) in [6, 6.07) is 9.72. The fourth-order valence-corrected chi connectivity index (χ4v) is 3.58. The summed E-state index contributed by atoms with van der Waals surface area (Å²) in [6.07, 6.45) is 2.30. The van der Waals surface area contributed by atoms with Gasteiger partial charge in [0, 0.05) is 18.7 Å². The lowest BCUT2D eigenvalue weighted by Gasteiger charge is -2.26. The molecule has 4 N–H and O–H groups in total. The van der Waals surface area contributed by atoms with Crippen molar-refractivity contribution in [1.82, 2.24) is 15.6 Å². The molecule has 2 atom stereocenters. The Bertz CT molecular complexity index is 1070. The van der Waals surface area contributed by atoms with Crippen LogP contribution < -0.4 is 20.7 Å². The predicted octanol–water partition coefficient (Wildman–Crippen LogP) is 3.32. The minimum atomic E-state index is -1.10. The fourth-order valence-electron chi connectivity index (χ4n) is 3.37. The number of hydrogen-bond acceptors (Lipinski definition) is 7. The standard InChI is InChI=1S/C25H31ClN4O5/c1-25(2,3)35-24(33)28-15-20(31)19-12-16-7-6-8-18(11-16)34-10-5-4-9-27-22-14-17(23(32)29-19)13-21(26)30-22/h4-8,11,13-14,19-20,31H,9-10,12,15H2,1-3H3,(H,27,30)(H,28,33)(H,29,32)/b5-4-/t19-,20+/m0/s1. The molecule has 0 unspecified atom stereocenters. The quantitative estimate of drug-likeness (QED) is 0.375. The molecule has 0 spiro atoms. The molecule has 9 nitrogen and oxygen atoms in total. The van der Waals surface area contributed by atoms with Crippen LogP contribution in [0.4, 0.5) is 10.6 Å². The minimum Gasteiger partial charge on any atom is -0.490 e. The highest BCUT2D eigenvalue weighted by atomic mass is 35.5. The molecule has 2 heterocycles. The van der Waals surface area contributed by atoms with E-state index >= 15 is 0 Å². The van der Waals surface area contributed by atoms with Crippen molar-refractivity contribution in [3.8, 4) is 5.75 Å². The van der Waals surface area contributed by atoms with Crippen LogP contribution in [0.25, 0.3) is 0 Å². The first-order chi connectivity index (χ1) is 16.6. The van der Waals surface area contributed by atoms with Crippen LogP contribution in [0.3, 0.4) is 0 Å². The van der Waals surface area contributed by atoms with Crippen molar-refractivity contribution in [2.45, 2.75) is 44.9 Å². The molecule has 4 bridgehead atoms. The van der Waals surface area contributed by atoms with E-state index < -0.39 is 29.7 Å². The summed E-state index contributed by atoms with van der Waals surface area (Å²) in [5, 5.41) is 19.6. The van der Waals surface area contributed by atoms with Crippen molar-refractivity contribution in [3.63, 3.8) is 0 Å². The summed E-state index contributed by atoms with van der Waals surface area (Å²) in [7, 11) is 0. The molecule has 1 aromatic heterocycles. The van der Waals surface area contributed by atoms with Crippen molar-refractivity contribution < 1.29 is 24.2 Å². The van der Waals surface area contributed by atoms with Gasteiger partial charge in [0.1, 0.15) is 28.9 Å². The Kier molecular flexibility index (Phi) is 8.95. The van der Waals surface area contributed by atoms with Crippen LogP contribution in [-0.4, -0.2) is 59.5 Å². The molecule has 2 amide bonds. The Balaban J connectivity index is 1.84. The highest BCUT2D eigenvalue weighted by Gasteiger charge is 2.25. The normalized spacial score (nSPS) is 18.3. The number of nitrogens with zero attached hydrogens (tertiary/aromatic N) is 1. The van der Waals surface area contributed by atoms with Gasteiger partial charge in [-0.25, -0.2) is 9.78 Å². The van der Waals surface area contributed by atoms with E-state index in [1.54, 1.807) is 26.8 Å². The second kappa shape index (κ2) is 11.9. The molecule has 1 aliphatic rings. The monoisotopic (exact) mass is 502 g/mol. The van der Waals surface area contributed by atoms with Crippen LogP contribution in [0.2, 0.25) is 5.15 Å². The molecule has 1 aromatic carbocycles. The number of hydrogen-bond donors (Lipinski definition) is 4. The first-order valence-electron chi connectivity index (χ1n) is 11.3. The van der Waals surface area contributed by atoms with Crippen LogP contribution in [0.5, 0.6) is 5.75 Å². The molecule has 188 valence electrons. The molecule has 0 radical (unpaired) electrons. The Morgan fingerprint density at radius 1 is 1.31 bits per heavy atom. The van der Waals surface area contributed by atoms with Gasteiger partial charge in [-0.15, -0.1) is 0 Å². The lowest BCUT2D eigenvalue weighted by atomic mass is 10.00. The first-order valence-corrected chi connectivity index (χ1v) is 11.7. The Morgan fingerprint density at radius 2 is 2.11 bits per heavy atom. The summed E-state index contributed by atoms with van der Waals surface area (Å²) in [5.74, 6) is 0.667. The number of aliphatic hydroxyl groups is 1. The Morgan fingerprint density at radius 3 is 2.89 bits per heavy atom. The van der Waals surface area contributed by atoms with Crippen LogP contribution in [-0.2, 0) is 11.2 Å². The lowest BCUT2D eigenvalue weighted by molar-refractivity contribution is 0.0470. The molecule has 3 rings (SSSR count). The highest BCUT2D eigenvalue weighted by Crippen LogP contribution is 2.18. The number of rotatable bonds is 3. The van der Waals surface area contributed by atoms with Crippen molar-refractivity contribution in [2.75, 3.05) is 25.0 Å². The van der Waals surface area contributed by atoms with E-state index in [9.17, 15) is 14.7 Å². The number of aliphatic hydroxyl groups excluding tert-OH is 1. The van der Waals surface area contributed by atoms with Gasteiger partial charge < -0.3 is 30.5 Å². The average Bonchev–Trinajstić information content (AvgIpc) is 2.77. The Labute approximate surface area is 209 Å². The van der Waals surface area contributed by atoms with Crippen LogP contribution in [0.1, 0.15) is 36.7 Å². The van der Waals surface area contributed by atoms with Crippen LogP contribution in [0, 0.1) is 0 Å². The zero-order valence-electron chi connectivity index (χ0n) is 20.0. The van der Waals surface area contributed by atoms with Gasteiger partial charge in [-0.3, -0.25) is 4.79 Å². The number of pyridine rings is 1. The zero-order valence-corrected chi connectivity index (χ0v) is 20.8. The van der Waals surface area contributed by atoms with Crippen molar-refractivity contribution in [3.05, 3.63) is 64.8 Å². The molecule has 2 aromatic rings. The molecular formula is C25H31ClN4O5. The maximum absolute atomic E-state index is 13.1. The van der Waals surface area contributed by atoms with Gasteiger partial charge in [0.15, 0.2) is 0 Å². The second-order valence-electron chi connectivity index (χ2n) is 9.11. The number of nitrogens with one attached hydrogen (secondary N) is 3. The van der Waals surface area contributed by atoms with Gasteiger partial charge in [0.05, 0.1) is 12.1 Å². The number of benzene rings is 1. The maximum atomic E-state index is 13.1. The molecule has 10 heteroatoms. The predicted molar refractivity (Wildman–Crippen MR) is 134 cm³/mol. The summed E-state index contributed by atoms with van der Waals surface area (Å²) in [4.78, 5) is 29.4. The van der Waals surface area contributed by atoms with E-state index in [0.717, 1.165) is 5.56 Å². The fraction of sp³-hybridized carbons (Fsp3) is 0.400. The first kappa shape index (κ1) is 26.3. The topological polar surface area (TPSA) is 122 Å². The van der Waals surface area contributed by atoms with Gasteiger partial charge >= 0.3 is 6.09 Å². The second-order valence-corrected chi connectivity index (χ2v) is 9.50. The third-order valence-electron chi connectivity index (χ3n) is 4.96. The van der Waals surface area contributed by atoms with Gasteiger partial charge in [-0.1, -0.05) is 29.8 Å². The van der Waals surface area contributed by atoms with E-state index in [1.165, 1.54) is 6.07 Å². The van der Waals surface area contributed by atoms with Crippen molar-refractivity contribution in [1.29, 1.82) is 0 Å². The third kappa shape index (κ3) is 8.77.